The molecule has 0 fully saturated rings. The molecule has 4 rings (SSSR count). The highest BCUT2D eigenvalue weighted by molar-refractivity contribution is 6.36. The van der Waals surface area contributed by atoms with Gasteiger partial charge in [-0.2, -0.15) is 0 Å². The van der Waals surface area contributed by atoms with Gasteiger partial charge in [0.1, 0.15) is 18.9 Å². The van der Waals surface area contributed by atoms with E-state index in [1.807, 2.05) is 0 Å². The molecule has 0 spiro atoms. The Labute approximate surface area is 167 Å². The maximum atomic E-state index is 12.8. The van der Waals surface area contributed by atoms with Gasteiger partial charge >= 0.3 is 0 Å². The van der Waals surface area contributed by atoms with Gasteiger partial charge in [0.15, 0.2) is 23.0 Å². The zero-order chi connectivity index (χ0) is 20.5. The third-order valence-corrected chi connectivity index (χ3v) is 4.77. The number of nitrogens with one attached hydrogen (secondary N) is 1. The largest absolute Gasteiger partial charge is 0.493 e. The van der Waals surface area contributed by atoms with Crippen LogP contribution < -0.4 is 24.3 Å². The molecule has 8 nitrogen and oxygen atoms in total. The molecule has 0 atom stereocenters. The first kappa shape index (κ1) is 18.7. The van der Waals surface area contributed by atoms with Crippen LogP contribution in [-0.2, 0) is 9.59 Å². The van der Waals surface area contributed by atoms with Crippen molar-refractivity contribution in [3.05, 3.63) is 47.7 Å². The van der Waals surface area contributed by atoms with Crippen molar-refractivity contribution >= 4 is 23.1 Å². The molecule has 1 N–H and O–H groups in total. The average molecular weight is 396 g/mol. The summed E-state index contributed by atoms with van der Waals surface area (Å²) in [6.07, 6.45) is 0. The van der Waals surface area contributed by atoms with Crippen LogP contribution in [-0.4, -0.2) is 51.2 Å². The maximum absolute atomic E-state index is 12.8. The SMILES string of the molecule is COc1ccc(C2=C(Nc3ccc4c(c3)OCCO4)C(=O)N(C)C2=O)cc1OC. The molecule has 0 aliphatic carbocycles. The van der Waals surface area contributed by atoms with Gasteiger partial charge in [0, 0.05) is 18.8 Å². The molecule has 0 saturated carbocycles. The number of carbonyl (C=O) groups excluding carboxylic acids is 2. The van der Waals surface area contributed by atoms with E-state index in [0.29, 0.717) is 47.5 Å². The first-order valence-corrected chi connectivity index (χ1v) is 8.99. The average Bonchev–Trinajstić information content (AvgIpc) is 2.96. The number of methoxy groups -OCH3 is 2. The van der Waals surface area contributed by atoms with E-state index in [1.54, 1.807) is 36.4 Å². The number of hydrogen-bond donors (Lipinski definition) is 1. The fourth-order valence-electron chi connectivity index (χ4n) is 3.28. The second kappa shape index (κ2) is 7.38. The van der Waals surface area contributed by atoms with E-state index in [9.17, 15) is 9.59 Å². The zero-order valence-electron chi connectivity index (χ0n) is 16.3. The summed E-state index contributed by atoms with van der Waals surface area (Å²) >= 11 is 0. The Morgan fingerprint density at radius 2 is 1.62 bits per heavy atom. The first-order valence-electron chi connectivity index (χ1n) is 8.99. The van der Waals surface area contributed by atoms with Crippen LogP contribution in [0, 0.1) is 0 Å². The number of likely N-dealkylation sites (N-methyl/N-ethyl adjacent to an activating group) is 1. The highest BCUT2D eigenvalue weighted by Crippen LogP contribution is 2.37. The van der Waals surface area contributed by atoms with Crippen molar-refractivity contribution in [2.24, 2.45) is 0 Å². The van der Waals surface area contributed by atoms with E-state index < -0.39 is 11.8 Å². The van der Waals surface area contributed by atoms with E-state index >= 15 is 0 Å². The van der Waals surface area contributed by atoms with E-state index in [0.717, 1.165) is 4.90 Å². The molecule has 0 aromatic heterocycles. The molecule has 2 aliphatic rings. The first-order chi connectivity index (χ1) is 14.0. The van der Waals surface area contributed by atoms with Crippen molar-refractivity contribution in [1.82, 2.24) is 4.90 Å². The second-order valence-electron chi connectivity index (χ2n) is 6.47. The number of ether oxygens (including phenoxy) is 4. The molecule has 2 amide bonds. The van der Waals surface area contributed by atoms with Crippen LogP contribution in [0.2, 0.25) is 0 Å². The minimum Gasteiger partial charge on any atom is -0.493 e. The van der Waals surface area contributed by atoms with Crippen LogP contribution in [0.15, 0.2) is 42.1 Å². The summed E-state index contributed by atoms with van der Waals surface area (Å²) in [6.45, 7) is 0.947. The number of fused-ring (bicyclic) bond motifs is 1. The third kappa shape index (κ3) is 3.22. The van der Waals surface area contributed by atoms with Gasteiger partial charge in [-0.3, -0.25) is 14.5 Å². The minimum absolute atomic E-state index is 0.182. The topological polar surface area (TPSA) is 86.3 Å². The second-order valence-corrected chi connectivity index (χ2v) is 6.47. The van der Waals surface area contributed by atoms with Crippen LogP contribution >= 0.6 is 0 Å². The number of carbonyl (C=O) groups is 2. The predicted octanol–water partition coefficient (Wildman–Crippen LogP) is 2.30. The lowest BCUT2D eigenvalue weighted by Gasteiger charge is -2.19. The summed E-state index contributed by atoms with van der Waals surface area (Å²) in [5, 5.41) is 3.08. The van der Waals surface area contributed by atoms with Gasteiger partial charge in [-0.25, -0.2) is 0 Å². The quantitative estimate of drug-likeness (QED) is 0.776. The van der Waals surface area contributed by atoms with Crippen molar-refractivity contribution in [2.45, 2.75) is 0 Å². The predicted molar refractivity (Wildman–Crippen MR) is 105 cm³/mol. The van der Waals surface area contributed by atoms with Crippen molar-refractivity contribution < 1.29 is 28.5 Å². The molecule has 8 heteroatoms. The van der Waals surface area contributed by atoms with Crippen LogP contribution in [0.25, 0.3) is 5.57 Å². The molecular weight excluding hydrogens is 376 g/mol. The van der Waals surface area contributed by atoms with E-state index in [1.165, 1.54) is 21.3 Å². The number of anilines is 1. The summed E-state index contributed by atoms with van der Waals surface area (Å²) < 4.78 is 21.7. The molecule has 29 heavy (non-hydrogen) atoms. The lowest BCUT2D eigenvalue weighted by molar-refractivity contribution is -0.135. The zero-order valence-corrected chi connectivity index (χ0v) is 16.3. The molecule has 150 valence electrons. The van der Waals surface area contributed by atoms with Crippen molar-refractivity contribution in [3.63, 3.8) is 0 Å². The maximum Gasteiger partial charge on any atom is 0.277 e. The van der Waals surface area contributed by atoms with Gasteiger partial charge in [-0.1, -0.05) is 6.07 Å². The standard InChI is InChI=1S/C21H20N2O6/c1-23-20(24)18(12-4-6-14(26-2)16(10-12)27-3)19(21(23)25)22-13-5-7-15-17(11-13)29-9-8-28-15/h4-7,10-11,22H,8-9H2,1-3H3. The molecule has 0 radical (unpaired) electrons. The lowest BCUT2D eigenvalue weighted by Crippen LogP contribution is -2.27. The van der Waals surface area contributed by atoms with Crippen molar-refractivity contribution in [3.8, 4) is 23.0 Å². The summed E-state index contributed by atoms with van der Waals surface area (Å²) in [7, 11) is 4.49. The number of nitrogens with zero attached hydrogens (tertiary/aromatic N) is 1. The fourth-order valence-corrected chi connectivity index (χ4v) is 3.28. The highest BCUT2D eigenvalue weighted by Gasteiger charge is 2.37. The minimum atomic E-state index is -0.422. The third-order valence-electron chi connectivity index (χ3n) is 4.77. The van der Waals surface area contributed by atoms with Gasteiger partial charge in [-0.15, -0.1) is 0 Å². The number of amides is 2. The fraction of sp³-hybridized carbons (Fsp3) is 0.238. The number of imide groups is 1. The van der Waals surface area contributed by atoms with Gasteiger partial charge in [0.2, 0.25) is 0 Å². The molecule has 0 unspecified atom stereocenters. The monoisotopic (exact) mass is 396 g/mol. The molecule has 2 heterocycles. The Balaban J connectivity index is 1.76. The Morgan fingerprint density at radius 1 is 0.897 bits per heavy atom. The van der Waals surface area contributed by atoms with Gasteiger partial charge < -0.3 is 24.3 Å². The van der Waals surface area contributed by atoms with Crippen molar-refractivity contribution in [1.29, 1.82) is 0 Å². The van der Waals surface area contributed by atoms with E-state index in [2.05, 4.69) is 5.32 Å². The molecule has 2 aromatic rings. The van der Waals surface area contributed by atoms with Crippen LogP contribution in [0.3, 0.4) is 0 Å². The van der Waals surface area contributed by atoms with Crippen LogP contribution in [0.4, 0.5) is 5.69 Å². The molecule has 0 bridgehead atoms. The Hall–Kier alpha value is -3.68. The number of hydrogen-bond acceptors (Lipinski definition) is 7. The molecule has 2 aromatic carbocycles. The Bertz CT molecular complexity index is 1030. The lowest BCUT2D eigenvalue weighted by atomic mass is 10.0. The number of benzene rings is 2. The highest BCUT2D eigenvalue weighted by atomic mass is 16.6. The molecule has 0 saturated heterocycles. The normalized spacial score (nSPS) is 15.6. The molecule has 2 aliphatic heterocycles. The summed E-state index contributed by atoms with van der Waals surface area (Å²) in [5.41, 5.74) is 1.60. The van der Waals surface area contributed by atoms with E-state index in [4.69, 9.17) is 18.9 Å². The van der Waals surface area contributed by atoms with Gasteiger partial charge in [-0.05, 0) is 29.8 Å². The molecular formula is C21H20N2O6. The van der Waals surface area contributed by atoms with Gasteiger partial charge in [0.05, 0.1) is 19.8 Å². The Kier molecular flexibility index (Phi) is 4.75. The smallest absolute Gasteiger partial charge is 0.277 e. The van der Waals surface area contributed by atoms with Crippen LogP contribution in [0.5, 0.6) is 23.0 Å². The number of rotatable bonds is 5. The van der Waals surface area contributed by atoms with Gasteiger partial charge in [0.25, 0.3) is 11.8 Å². The van der Waals surface area contributed by atoms with Crippen molar-refractivity contribution in [2.75, 3.05) is 39.8 Å². The summed E-state index contributed by atoms with van der Waals surface area (Å²) in [5.74, 6) is 1.40. The summed E-state index contributed by atoms with van der Waals surface area (Å²) in [4.78, 5) is 26.6. The van der Waals surface area contributed by atoms with Crippen LogP contribution in [0.1, 0.15) is 5.56 Å². The van der Waals surface area contributed by atoms with E-state index in [-0.39, 0.29) is 11.3 Å². The Morgan fingerprint density at radius 3 is 2.34 bits per heavy atom. The summed E-state index contributed by atoms with van der Waals surface area (Å²) in [6, 6.07) is 10.3.